The van der Waals surface area contributed by atoms with Crippen LogP contribution in [0.5, 0.6) is 11.6 Å². The number of amides is 1. The van der Waals surface area contributed by atoms with Gasteiger partial charge in [0.15, 0.2) is 23.1 Å². The number of rotatable bonds is 9. The number of likely N-dealkylation sites (tertiary alicyclic amines) is 1. The molecule has 1 aliphatic heterocycles. The molecule has 13 heteroatoms. The minimum atomic E-state index is -2.36. The first-order valence-corrected chi connectivity index (χ1v) is 11.5. The molecule has 2 aromatic heterocycles. The largest absolute Gasteiger partial charge is 0.434 e. The Bertz CT molecular complexity index is 1230. The zero-order chi connectivity index (χ0) is 25.8. The van der Waals surface area contributed by atoms with E-state index in [-0.39, 0.29) is 35.7 Å². The molecule has 10 nitrogen and oxygen atoms in total. The Kier molecular flexibility index (Phi) is 7.58. The van der Waals surface area contributed by atoms with Crippen LogP contribution in [0, 0.1) is 5.82 Å². The Morgan fingerprint density at radius 2 is 2.03 bits per heavy atom. The lowest BCUT2D eigenvalue weighted by Crippen LogP contribution is -2.37. The molecule has 192 valence electrons. The van der Waals surface area contributed by atoms with E-state index in [0.29, 0.717) is 49.4 Å². The molecule has 1 aromatic carbocycles. The number of carbonyl (C=O) groups excluding carboxylic acids is 1. The Balaban J connectivity index is 1.55. The molecule has 4 rings (SSSR count). The molecule has 0 radical (unpaired) electrons. The number of aromatic nitrogens is 4. The van der Waals surface area contributed by atoms with Crippen molar-refractivity contribution in [2.45, 2.75) is 38.7 Å². The summed E-state index contributed by atoms with van der Waals surface area (Å²) in [4.78, 5) is 22.5. The van der Waals surface area contributed by atoms with Crippen LogP contribution in [0.25, 0.3) is 0 Å². The summed E-state index contributed by atoms with van der Waals surface area (Å²) in [6, 6.07) is 3.94. The Labute approximate surface area is 205 Å². The Hall–Kier alpha value is -3.87. The maximum Gasteiger partial charge on any atom is 0.271 e. The number of benzene rings is 1. The second-order valence-corrected chi connectivity index (χ2v) is 8.44. The van der Waals surface area contributed by atoms with Crippen molar-refractivity contribution in [1.29, 1.82) is 0 Å². The van der Waals surface area contributed by atoms with Crippen LogP contribution < -0.4 is 21.5 Å². The maximum absolute atomic E-state index is 14.2. The molecule has 1 fully saturated rings. The van der Waals surface area contributed by atoms with Crippen LogP contribution in [0.3, 0.4) is 0 Å². The van der Waals surface area contributed by atoms with Crippen LogP contribution in [0.4, 0.5) is 30.4 Å². The van der Waals surface area contributed by atoms with Crippen molar-refractivity contribution in [1.82, 2.24) is 24.6 Å². The molecule has 5 N–H and O–H groups in total. The van der Waals surface area contributed by atoms with Gasteiger partial charge in [-0.2, -0.15) is 10.1 Å². The molecule has 0 atom stereocenters. The predicted octanol–water partition coefficient (Wildman–Crippen LogP) is 3.49. The van der Waals surface area contributed by atoms with Crippen molar-refractivity contribution in [2.75, 3.05) is 30.7 Å². The van der Waals surface area contributed by atoms with Gasteiger partial charge in [-0.05, 0) is 31.4 Å². The van der Waals surface area contributed by atoms with Crippen LogP contribution in [0.1, 0.15) is 42.0 Å². The summed E-state index contributed by atoms with van der Waals surface area (Å²) in [5.41, 5.74) is 12.3. The van der Waals surface area contributed by atoms with Gasteiger partial charge in [0.1, 0.15) is 5.69 Å². The fourth-order valence-corrected chi connectivity index (χ4v) is 4.03. The normalized spacial score (nSPS) is 14.8. The first kappa shape index (κ1) is 25.2. The third kappa shape index (κ3) is 5.85. The molecule has 1 saturated heterocycles. The van der Waals surface area contributed by atoms with Crippen molar-refractivity contribution in [3.8, 4) is 11.6 Å². The number of nitrogens with one attached hydrogen (secondary N) is 1. The van der Waals surface area contributed by atoms with E-state index in [9.17, 15) is 18.0 Å². The molecule has 3 aromatic rings. The Morgan fingerprint density at radius 1 is 1.28 bits per heavy atom. The molecule has 0 spiro atoms. The summed E-state index contributed by atoms with van der Waals surface area (Å²) in [5, 5.41) is 7.36. The average molecular weight is 505 g/mol. The van der Waals surface area contributed by atoms with E-state index in [1.54, 1.807) is 28.9 Å². The SMILES string of the molecule is CCc1nc(C(N)=O)c(Nc2cnn(C3CCN(CC(F)F)CC3)c2)nc1Oc1cc(N)ccc1F. The molecule has 0 unspecified atom stereocenters. The minimum Gasteiger partial charge on any atom is -0.434 e. The van der Waals surface area contributed by atoms with Crippen molar-refractivity contribution >= 4 is 23.1 Å². The zero-order valence-electron chi connectivity index (χ0n) is 19.6. The third-order valence-electron chi connectivity index (χ3n) is 5.85. The number of carbonyl (C=O) groups is 1. The second-order valence-electron chi connectivity index (χ2n) is 8.44. The summed E-state index contributed by atoms with van der Waals surface area (Å²) in [5.74, 6) is -1.57. The number of primary amides is 1. The molecular weight excluding hydrogens is 477 g/mol. The van der Waals surface area contributed by atoms with Gasteiger partial charge in [0.25, 0.3) is 12.3 Å². The number of halogens is 3. The number of hydrogen-bond donors (Lipinski definition) is 3. The molecule has 0 aliphatic carbocycles. The molecule has 1 aliphatic rings. The first-order chi connectivity index (χ1) is 17.2. The van der Waals surface area contributed by atoms with Gasteiger partial charge < -0.3 is 21.5 Å². The topological polar surface area (TPSA) is 137 Å². The van der Waals surface area contributed by atoms with E-state index in [2.05, 4.69) is 20.4 Å². The second kappa shape index (κ2) is 10.8. The summed E-state index contributed by atoms with van der Waals surface area (Å²) in [6.07, 6.45) is 2.61. The van der Waals surface area contributed by atoms with Crippen molar-refractivity contribution < 1.29 is 22.7 Å². The van der Waals surface area contributed by atoms with Crippen LogP contribution in [-0.2, 0) is 6.42 Å². The van der Waals surface area contributed by atoms with Gasteiger partial charge >= 0.3 is 0 Å². The molecular formula is C23H27F3N8O2. The van der Waals surface area contributed by atoms with Gasteiger partial charge in [-0.25, -0.2) is 18.2 Å². The lowest BCUT2D eigenvalue weighted by atomic mass is 10.1. The van der Waals surface area contributed by atoms with Crippen molar-refractivity contribution in [3.63, 3.8) is 0 Å². The number of nitrogens with two attached hydrogens (primary N) is 2. The van der Waals surface area contributed by atoms with Gasteiger partial charge in [-0.3, -0.25) is 14.4 Å². The van der Waals surface area contributed by atoms with Gasteiger partial charge in [0.05, 0.1) is 24.5 Å². The van der Waals surface area contributed by atoms with E-state index in [1.807, 2.05) is 0 Å². The van der Waals surface area contributed by atoms with Crippen molar-refractivity contribution in [3.05, 3.63) is 47.8 Å². The number of aryl methyl sites for hydroxylation is 1. The van der Waals surface area contributed by atoms with Crippen LogP contribution in [-0.4, -0.2) is 56.6 Å². The fraction of sp³-hybridized carbons (Fsp3) is 0.391. The van der Waals surface area contributed by atoms with E-state index >= 15 is 0 Å². The maximum atomic E-state index is 14.2. The van der Waals surface area contributed by atoms with Gasteiger partial charge in [-0.15, -0.1) is 0 Å². The fourth-order valence-electron chi connectivity index (χ4n) is 4.03. The standard InChI is InChI=1S/C23H27F3N8O2/c1-2-17-23(36-18-9-13(27)3-4-16(18)24)32-22(20(31-17)21(28)35)30-14-10-29-34(11-14)15-5-7-33(8-6-15)12-19(25)26/h3-4,9-11,15,19H,2,5-8,12,27H2,1H3,(H2,28,35)(H,30,32). The molecule has 3 heterocycles. The highest BCUT2D eigenvalue weighted by Gasteiger charge is 2.24. The van der Waals surface area contributed by atoms with Crippen LogP contribution in [0.15, 0.2) is 30.6 Å². The highest BCUT2D eigenvalue weighted by atomic mass is 19.3. The summed E-state index contributed by atoms with van der Waals surface area (Å²) >= 11 is 0. The summed E-state index contributed by atoms with van der Waals surface area (Å²) < 4.78 is 46.9. The summed E-state index contributed by atoms with van der Waals surface area (Å²) in [7, 11) is 0. The Morgan fingerprint density at radius 3 is 2.69 bits per heavy atom. The number of anilines is 3. The van der Waals surface area contributed by atoms with E-state index in [1.165, 1.54) is 18.2 Å². The number of hydrogen-bond acceptors (Lipinski definition) is 8. The number of nitrogen functional groups attached to an aromatic ring is 1. The molecule has 0 bridgehead atoms. The minimum absolute atomic E-state index is 0.00621. The highest BCUT2D eigenvalue weighted by molar-refractivity contribution is 5.96. The first-order valence-electron chi connectivity index (χ1n) is 11.5. The molecule has 1 amide bonds. The quantitative estimate of drug-likeness (QED) is 0.377. The third-order valence-corrected chi connectivity index (χ3v) is 5.85. The van der Waals surface area contributed by atoms with E-state index in [4.69, 9.17) is 16.2 Å². The smallest absolute Gasteiger partial charge is 0.271 e. The lowest BCUT2D eigenvalue weighted by molar-refractivity contribution is 0.0690. The monoisotopic (exact) mass is 504 g/mol. The number of piperidine rings is 1. The van der Waals surface area contributed by atoms with Crippen LogP contribution in [0.2, 0.25) is 0 Å². The van der Waals surface area contributed by atoms with Gasteiger partial charge in [0, 0.05) is 31.0 Å². The predicted molar refractivity (Wildman–Crippen MR) is 127 cm³/mol. The van der Waals surface area contributed by atoms with E-state index in [0.717, 1.165) is 0 Å². The summed E-state index contributed by atoms with van der Waals surface area (Å²) in [6.45, 7) is 2.65. The molecule has 36 heavy (non-hydrogen) atoms. The zero-order valence-corrected chi connectivity index (χ0v) is 19.6. The van der Waals surface area contributed by atoms with Gasteiger partial charge in [-0.1, -0.05) is 6.92 Å². The van der Waals surface area contributed by atoms with Gasteiger partial charge in [0.2, 0.25) is 5.88 Å². The van der Waals surface area contributed by atoms with Crippen molar-refractivity contribution in [2.24, 2.45) is 5.73 Å². The average Bonchev–Trinajstić information content (AvgIpc) is 3.30. The molecule has 0 saturated carbocycles. The highest BCUT2D eigenvalue weighted by Crippen LogP contribution is 2.31. The van der Waals surface area contributed by atoms with E-state index < -0.39 is 18.1 Å². The number of nitrogens with zero attached hydrogens (tertiary/aromatic N) is 5. The lowest BCUT2D eigenvalue weighted by Gasteiger charge is -2.31. The number of alkyl halides is 2. The number of ether oxygens (including phenoxy) is 1. The van der Waals surface area contributed by atoms with Crippen LogP contribution >= 0.6 is 0 Å².